The largest absolute Gasteiger partial charge is 0.478 e. The summed E-state index contributed by atoms with van der Waals surface area (Å²) in [6.07, 6.45) is 0. The molecule has 1 N–H and O–H groups in total. The lowest BCUT2D eigenvalue weighted by atomic mass is 10.1. The molecule has 14 heavy (non-hydrogen) atoms. The van der Waals surface area contributed by atoms with Crippen LogP contribution in [-0.2, 0) is 14.6 Å². The van der Waals surface area contributed by atoms with E-state index in [1.54, 1.807) is 12.1 Å². The van der Waals surface area contributed by atoms with Crippen LogP contribution >= 0.6 is 0 Å². The first-order chi connectivity index (χ1) is 6.52. The minimum absolute atomic E-state index is 0.0670. The molecule has 0 fully saturated rings. The Balaban J connectivity index is 2.79. The fourth-order valence-corrected chi connectivity index (χ4v) is 2.80. The summed E-state index contributed by atoms with van der Waals surface area (Å²) in [7, 11) is -3.54. The van der Waals surface area contributed by atoms with Gasteiger partial charge in [0.1, 0.15) is 0 Å². The van der Waals surface area contributed by atoms with E-state index in [4.69, 9.17) is 5.11 Å². The summed E-state index contributed by atoms with van der Waals surface area (Å²) in [4.78, 5) is 10.8. The van der Waals surface area contributed by atoms with Crippen molar-refractivity contribution in [3.63, 3.8) is 0 Å². The maximum absolute atomic E-state index is 11.4. The Morgan fingerprint density at radius 2 is 1.86 bits per heavy atom. The van der Waals surface area contributed by atoms with Crippen molar-refractivity contribution in [1.82, 2.24) is 0 Å². The Kier molecular flexibility index (Phi) is 1.72. The van der Waals surface area contributed by atoms with Crippen molar-refractivity contribution in [3.8, 4) is 0 Å². The average molecular weight is 210 g/mol. The van der Waals surface area contributed by atoms with Gasteiger partial charge < -0.3 is 5.11 Å². The molecule has 1 heterocycles. The van der Waals surface area contributed by atoms with Gasteiger partial charge in [0.2, 0.25) is 9.84 Å². The van der Waals surface area contributed by atoms with Crippen LogP contribution in [0, 0.1) is 0 Å². The third-order valence-corrected chi connectivity index (χ3v) is 3.50. The number of fused-ring (bicyclic) bond motifs is 1. The van der Waals surface area contributed by atoms with Gasteiger partial charge in [-0.2, -0.15) is 0 Å². The SMILES string of the molecule is O=C(O)C1=CS(=O)(=O)c2ccccc21. The zero-order valence-corrected chi connectivity index (χ0v) is 7.78. The second-order valence-electron chi connectivity index (χ2n) is 2.88. The van der Waals surface area contributed by atoms with Gasteiger partial charge >= 0.3 is 5.97 Å². The number of rotatable bonds is 1. The summed E-state index contributed by atoms with van der Waals surface area (Å²) < 4.78 is 22.9. The Morgan fingerprint density at radius 1 is 1.21 bits per heavy atom. The normalized spacial score (nSPS) is 17.3. The van der Waals surface area contributed by atoms with Crippen LogP contribution in [0.1, 0.15) is 5.56 Å². The number of carboxylic acid groups (broad SMARTS) is 1. The van der Waals surface area contributed by atoms with Crippen LogP contribution in [0.5, 0.6) is 0 Å². The number of carbonyl (C=O) groups is 1. The summed E-state index contributed by atoms with van der Waals surface area (Å²) in [6, 6.07) is 6.06. The van der Waals surface area contributed by atoms with Crippen molar-refractivity contribution < 1.29 is 18.3 Å². The zero-order valence-electron chi connectivity index (χ0n) is 6.97. The van der Waals surface area contributed by atoms with E-state index in [9.17, 15) is 13.2 Å². The molecule has 72 valence electrons. The Hall–Kier alpha value is -1.62. The van der Waals surface area contributed by atoms with Crippen LogP contribution in [-0.4, -0.2) is 19.5 Å². The standard InChI is InChI=1S/C9H6O4S/c10-9(11)7-5-14(12,13)8-4-2-1-3-6(7)8/h1-5H,(H,10,11). The number of carboxylic acids is 1. The Labute approximate surface area is 80.4 Å². The molecule has 0 spiro atoms. The number of aliphatic carboxylic acids is 1. The molecule has 0 unspecified atom stereocenters. The van der Waals surface area contributed by atoms with Crippen molar-refractivity contribution in [2.24, 2.45) is 0 Å². The van der Waals surface area contributed by atoms with Crippen molar-refractivity contribution >= 4 is 21.4 Å². The van der Waals surface area contributed by atoms with Crippen molar-refractivity contribution in [2.45, 2.75) is 4.90 Å². The molecule has 1 aromatic rings. The predicted molar refractivity (Wildman–Crippen MR) is 49.2 cm³/mol. The van der Waals surface area contributed by atoms with Gasteiger partial charge in [0, 0.05) is 5.56 Å². The maximum Gasteiger partial charge on any atom is 0.337 e. The molecule has 1 aliphatic heterocycles. The molecule has 0 saturated heterocycles. The Morgan fingerprint density at radius 3 is 2.50 bits per heavy atom. The minimum Gasteiger partial charge on any atom is -0.478 e. The highest BCUT2D eigenvalue weighted by Gasteiger charge is 2.29. The van der Waals surface area contributed by atoms with Gasteiger partial charge in [-0.05, 0) is 6.07 Å². The van der Waals surface area contributed by atoms with E-state index in [2.05, 4.69) is 0 Å². The van der Waals surface area contributed by atoms with Gasteiger partial charge in [-0.3, -0.25) is 0 Å². The average Bonchev–Trinajstić information content (AvgIpc) is 2.40. The summed E-state index contributed by atoms with van der Waals surface area (Å²) in [5.41, 5.74) is 0.0978. The number of sulfone groups is 1. The van der Waals surface area contributed by atoms with Crippen molar-refractivity contribution in [3.05, 3.63) is 35.2 Å². The fourth-order valence-electron chi connectivity index (χ4n) is 1.38. The predicted octanol–water partition coefficient (Wildman–Crippen LogP) is 0.899. The first kappa shape index (κ1) is 8.96. The third kappa shape index (κ3) is 1.13. The van der Waals surface area contributed by atoms with Gasteiger partial charge in [0.25, 0.3) is 0 Å². The summed E-state index contributed by atoms with van der Waals surface area (Å²) >= 11 is 0. The van der Waals surface area contributed by atoms with Gasteiger partial charge in [-0.1, -0.05) is 18.2 Å². The summed E-state index contributed by atoms with van der Waals surface area (Å²) in [5.74, 6) is -1.22. The quantitative estimate of drug-likeness (QED) is 0.747. The van der Waals surface area contributed by atoms with Crippen LogP contribution in [0.4, 0.5) is 0 Å². The first-order valence-electron chi connectivity index (χ1n) is 3.82. The van der Waals surface area contributed by atoms with Gasteiger partial charge in [0.15, 0.2) is 0 Å². The molecular weight excluding hydrogens is 204 g/mol. The van der Waals surface area contributed by atoms with E-state index >= 15 is 0 Å². The minimum atomic E-state index is -3.54. The van der Waals surface area contributed by atoms with Gasteiger partial charge in [-0.25, -0.2) is 13.2 Å². The fraction of sp³-hybridized carbons (Fsp3) is 0. The van der Waals surface area contributed by atoms with Crippen molar-refractivity contribution in [2.75, 3.05) is 0 Å². The lowest BCUT2D eigenvalue weighted by Gasteiger charge is -1.97. The lowest BCUT2D eigenvalue weighted by molar-refractivity contribution is -0.130. The molecule has 2 rings (SSSR count). The molecule has 1 aliphatic rings. The molecule has 0 amide bonds. The second-order valence-corrected chi connectivity index (χ2v) is 4.64. The van der Waals surface area contributed by atoms with Crippen LogP contribution in [0.15, 0.2) is 34.6 Å². The number of benzene rings is 1. The van der Waals surface area contributed by atoms with Crippen LogP contribution < -0.4 is 0 Å². The third-order valence-electron chi connectivity index (χ3n) is 1.99. The topological polar surface area (TPSA) is 71.4 Å². The highest BCUT2D eigenvalue weighted by atomic mass is 32.2. The van der Waals surface area contributed by atoms with Gasteiger partial charge in [-0.15, -0.1) is 0 Å². The molecule has 4 nitrogen and oxygen atoms in total. The first-order valence-corrected chi connectivity index (χ1v) is 5.36. The maximum atomic E-state index is 11.4. The van der Waals surface area contributed by atoms with E-state index in [-0.39, 0.29) is 16.0 Å². The van der Waals surface area contributed by atoms with Crippen LogP contribution in [0.2, 0.25) is 0 Å². The summed E-state index contributed by atoms with van der Waals surface area (Å²) in [6.45, 7) is 0. The van der Waals surface area contributed by atoms with E-state index in [1.807, 2.05) is 0 Å². The molecule has 0 saturated carbocycles. The molecule has 0 aliphatic carbocycles. The lowest BCUT2D eigenvalue weighted by Crippen LogP contribution is -1.96. The monoisotopic (exact) mass is 210 g/mol. The highest BCUT2D eigenvalue weighted by Crippen LogP contribution is 2.32. The van der Waals surface area contributed by atoms with E-state index in [0.717, 1.165) is 5.41 Å². The van der Waals surface area contributed by atoms with E-state index in [1.165, 1.54) is 12.1 Å². The molecule has 5 heteroatoms. The number of hydrogen-bond acceptors (Lipinski definition) is 3. The van der Waals surface area contributed by atoms with E-state index < -0.39 is 15.8 Å². The molecule has 1 aromatic carbocycles. The molecule has 0 radical (unpaired) electrons. The molecule has 0 bridgehead atoms. The Bertz CT molecular complexity index is 540. The number of hydrogen-bond donors (Lipinski definition) is 1. The van der Waals surface area contributed by atoms with Gasteiger partial charge in [0.05, 0.1) is 15.9 Å². The van der Waals surface area contributed by atoms with Crippen molar-refractivity contribution in [1.29, 1.82) is 0 Å². The van der Waals surface area contributed by atoms with Crippen LogP contribution in [0.3, 0.4) is 0 Å². The molecule has 0 atom stereocenters. The van der Waals surface area contributed by atoms with E-state index in [0.29, 0.717) is 0 Å². The zero-order chi connectivity index (χ0) is 10.3. The molecule has 0 aromatic heterocycles. The molecular formula is C9H6O4S. The second kappa shape index (κ2) is 2.68. The highest BCUT2D eigenvalue weighted by molar-refractivity contribution is 7.95. The van der Waals surface area contributed by atoms with Crippen LogP contribution in [0.25, 0.3) is 5.57 Å². The summed E-state index contributed by atoms with van der Waals surface area (Å²) in [5, 5.41) is 9.55. The smallest absolute Gasteiger partial charge is 0.337 e.